The first-order chi connectivity index (χ1) is 5.20. The summed E-state index contributed by atoms with van der Waals surface area (Å²) in [6.07, 6.45) is 3.07. The smallest absolute Gasteiger partial charge is 0.135 e. The molecule has 2 saturated carbocycles. The Morgan fingerprint density at radius 1 is 1.36 bits per heavy atom. The van der Waals surface area contributed by atoms with Gasteiger partial charge in [0.1, 0.15) is 5.78 Å². The standard InChI is InChI=1S/C9H14O2/c1-5(10)8-6-2-3-7(4-6)9(8)11/h6-9,11H,2-4H2,1H3/t6-,7+,8-,9-/m0/s1. The number of ketones is 1. The lowest BCUT2D eigenvalue weighted by molar-refractivity contribution is -0.126. The number of fused-ring (bicyclic) bond motifs is 2. The van der Waals surface area contributed by atoms with Crippen molar-refractivity contribution >= 4 is 5.78 Å². The normalized spacial score (nSPS) is 48.2. The first kappa shape index (κ1) is 7.29. The highest BCUT2D eigenvalue weighted by atomic mass is 16.3. The Labute approximate surface area is 66.6 Å². The molecule has 4 atom stereocenters. The van der Waals surface area contributed by atoms with Crippen molar-refractivity contribution in [1.82, 2.24) is 0 Å². The molecule has 11 heavy (non-hydrogen) atoms. The molecule has 0 heterocycles. The Kier molecular flexibility index (Phi) is 1.53. The number of aliphatic hydroxyl groups excluding tert-OH is 1. The Bertz CT molecular complexity index is 186. The average Bonchev–Trinajstić information content (AvgIpc) is 2.44. The number of hydrogen-bond donors (Lipinski definition) is 1. The Hall–Kier alpha value is -0.370. The third kappa shape index (κ3) is 0.924. The monoisotopic (exact) mass is 154 g/mol. The van der Waals surface area contributed by atoms with E-state index in [1.54, 1.807) is 6.92 Å². The predicted molar refractivity (Wildman–Crippen MR) is 41.0 cm³/mol. The van der Waals surface area contributed by atoms with E-state index in [-0.39, 0.29) is 17.8 Å². The van der Waals surface area contributed by atoms with Crippen molar-refractivity contribution in [2.24, 2.45) is 17.8 Å². The van der Waals surface area contributed by atoms with E-state index < -0.39 is 0 Å². The van der Waals surface area contributed by atoms with E-state index in [1.165, 1.54) is 0 Å². The number of hydrogen-bond acceptors (Lipinski definition) is 2. The van der Waals surface area contributed by atoms with Crippen molar-refractivity contribution in [1.29, 1.82) is 0 Å². The second-order valence-electron chi connectivity index (χ2n) is 3.96. The fraction of sp³-hybridized carbons (Fsp3) is 0.889. The first-order valence-corrected chi connectivity index (χ1v) is 4.38. The van der Waals surface area contributed by atoms with E-state index >= 15 is 0 Å². The van der Waals surface area contributed by atoms with E-state index in [2.05, 4.69) is 0 Å². The maximum absolute atomic E-state index is 11.1. The van der Waals surface area contributed by atoms with Crippen molar-refractivity contribution in [3.63, 3.8) is 0 Å². The molecule has 0 saturated heterocycles. The third-order valence-corrected chi connectivity index (χ3v) is 3.34. The molecular formula is C9H14O2. The van der Waals surface area contributed by atoms with Crippen LogP contribution in [0.5, 0.6) is 0 Å². The summed E-state index contributed by atoms with van der Waals surface area (Å²) in [5, 5.41) is 9.63. The highest BCUT2D eigenvalue weighted by Gasteiger charge is 2.48. The number of carbonyl (C=O) groups excluding carboxylic acids is 1. The summed E-state index contributed by atoms with van der Waals surface area (Å²) in [6.45, 7) is 1.61. The molecule has 2 bridgehead atoms. The summed E-state index contributed by atoms with van der Waals surface area (Å²) in [7, 11) is 0. The van der Waals surface area contributed by atoms with Gasteiger partial charge in [-0.3, -0.25) is 4.79 Å². The molecule has 2 aliphatic rings. The number of rotatable bonds is 1. The van der Waals surface area contributed by atoms with Gasteiger partial charge in [0.2, 0.25) is 0 Å². The van der Waals surface area contributed by atoms with Crippen molar-refractivity contribution in [2.75, 3.05) is 0 Å². The number of Topliss-reactive ketones (excluding diaryl/α,β-unsaturated/α-hetero) is 1. The fourth-order valence-electron chi connectivity index (χ4n) is 2.83. The van der Waals surface area contributed by atoms with Gasteiger partial charge in [0.05, 0.1) is 6.10 Å². The van der Waals surface area contributed by atoms with Gasteiger partial charge in [0.25, 0.3) is 0 Å². The number of carbonyl (C=O) groups is 1. The fourth-order valence-corrected chi connectivity index (χ4v) is 2.83. The predicted octanol–water partition coefficient (Wildman–Crippen LogP) is 0.982. The van der Waals surface area contributed by atoms with Crippen LogP contribution in [0.2, 0.25) is 0 Å². The zero-order valence-electron chi connectivity index (χ0n) is 6.79. The van der Waals surface area contributed by atoms with Crippen LogP contribution in [0.1, 0.15) is 26.2 Å². The van der Waals surface area contributed by atoms with Crippen molar-refractivity contribution < 1.29 is 9.90 Å². The lowest BCUT2D eigenvalue weighted by Crippen LogP contribution is -2.32. The molecule has 2 heteroatoms. The third-order valence-electron chi connectivity index (χ3n) is 3.34. The SMILES string of the molecule is CC(=O)[C@H]1[C@H]2CC[C@H](C2)[C@@H]1O. The van der Waals surface area contributed by atoms with E-state index in [1.807, 2.05) is 0 Å². The summed E-state index contributed by atoms with van der Waals surface area (Å²) in [4.78, 5) is 11.1. The Morgan fingerprint density at radius 2 is 2.00 bits per heavy atom. The molecule has 2 nitrogen and oxygen atoms in total. The topological polar surface area (TPSA) is 37.3 Å². The molecule has 2 aliphatic carbocycles. The van der Waals surface area contributed by atoms with E-state index in [9.17, 15) is 9.90 Å². The van der Waals surface area contributed by atoms with Gasteiger partial charge in [0.15, 0.2) is 0 Å². The Morgan fingerprint density at radius 3 is 2.36 bits per heavy atom. The van der Waals surface area contributed by atoms with Crippen molar-refractivity contribution in [3.8, 4) is 0 Å². The van der Waals surface area contributed by atoms with Crippen LogP contribution in [0.25, 0.3) is 0 Å². The van der Waals surface area contributed by atoms with E-state index in [4.69, 9.17) is 0 Å². The van der Waals surface area contributed by atoms with Gasteiger partial charge < -0.3 is 5.11 Å². The summed E-state index contributed by atoms with van der Waals surface area (Å²) >= 11 is 0. The van der Waals surface area contributed by atoms with Gasteiger partial charge >= 0.3 is 0 Å². The van der Waals surface area contributed by atoms with Crippen molar-refractivity contribution in [3.05, 3.63) is 0 Å². The van der Waals surface area contributed by atoms with Crippen LogP contribution in [-0.4, -0.2) is 17.0 Å². The van der Waals surface area contributed by atoms with Gasteiger partial charge in [-0.15, -0.1) is 0 Å². The molecule has 62 valence electrons. The van der Waals surface area contributed by atoms with E-state index in [0.717, 1.165) is 19.3 Å². The molecule has 0 aromatic heterocycles. The van der Waals surface area contributed by atoms with Crippen molar-refractivity contribution in [2.45, 2.75) is 32.3 Å². The Balaban J connectivity index is 2.17. The van der Waals surface area contributed by atoms with Crippen LogP contribution in [0.3, 0.4) is 0 Å². The molecule has 0 spiro atoms. The molecule has 0 unspecified atom stereocenters. The van der Waals surface area contributed by atoms with Gasteiger partial charge in [0, 0.05) is 5.92 Å². The second-order valence-corrected chi connectivity index (χ2v) is 3.96. The minimum Gasteiger partial charge on any atom is -0.392 e. The average molecular weight is 154 g/mol. The summed E-state index contributed by atoms with van der Waals surface area (Å²) in [5.74, 6) is 1.11. The molecule has 0 aliphatic heterocycles. The van der Waals surface area contributed by atoms with Gasteiger partial charge in [-0.1, -0.05) is 0 Å². The van der Waals surface area contributed by atoms with Crippen LogP contribution in [-0.2, 0) is 4.79 Å². The first-order valence-electron chi connectivity index (χ1n) is 4.38. The zero-order chi connectivity index (χ0) is 8.01. The maximum atomic E-state index is 11.1. The van der Waals surface area contributed by atoms with Gasteiger partial charge in [-0.2, -0.15) is 0 Å². The van der Waals surface area contributed by atoms with Gasteiger partial charge in [-0.05, 0) is 38.0 Å². The quantitative estimate of drug-likeness (QED) is 0.611. The highest BCUT2D eigenvalue weighted by molar-refractivity contribution is 5.79. The van der Waals surface area contributed by atoms with Crippen LogP contribution >= 0.6 is 0 Å². The molecule has 0 aromatic rings. The largest absolute Gasteiger partial charge is 0.392 e. The summed E-state index contributed by atoms with van der Waals surface area (Å²) in [5.41, 5.74) is 0. The minimum absolute atomic E-state index is 0.0197. The van der Waals surface area contributed by atoms with Gasteiger partial charge in [-0.25, -0.2) is 0 Å². The zero-order valence-corrected chi connectivity index (χ0v) is 6.79. The van der Waals surface area contributed by atoms with Crippen LogP contribution in [0, 0.1) is 17.8 Å². The minimum atomic E-state index is -0.314. The second kappa shape index (κ2) is 2.31. The molecule has 2 rings (SSSR count). The summed E-state index contributed by atoms with van der Waals surface area (Å²) < 4.78 is 0. The highest BCUT2D eigenvalue weighted by Crippen LogP contribution is 2.48. The lowest BCUT2D eigenvalue weighted by atomic mass is 9.84. The summed E-state index contributed by atoms with van der Waals surface area (Å²) in [6, 6.07) is 0. The molecule has 0 aromatic carbocycles. The molecule has 1 N–H and O–H groups in total. The van der Waals surface area contributed by atoms with Crippen LogP contribution < -0.4 is 0 Å². The van der Waals surface area contributed by atoms with Crippen LogP contribution in [0.15, 0.2) is 0 Å². The number of aliphatic hydroxyl groups is 1. The van der Waals surface area contributed by atoms with E-state index in [0.29, 0.717) is 11.8 Å². The molecule has 0 amide bonds. The molecule has 0 radical (unpaired) electrons. The lowest BCUT2D eigenvalue weighted by Gasteiger charge is -2.24. The molecular weight excluding hydrogens is 140 g/mol. The molecule has 2 fully saturated rings. The van der Waals surface area contributed by atoms with Crippen LogP contribution in [0.4, 0.5) is 0 Å². The maximum Gasteiger partial charge on any atom is 0.135 e.